The molecular formula is C30H23ClF3N3O4S. The highest BCUT2D eigenvalue weighted by molar-refractivity contribution is 7.87. The monoisotopic (exact) mass is 613 g/mol. The molecule has 0 spiro atoms. The SMILES string of the molecule is O=C(c1ccc(Cl)c(C(F)(F)F)c1)N1CCC(n2ccc3cc(OS(=O)(=O)c4cccc5cnccc45)ccc32)CC1. The van der Waals surface area contributed by atoms with Crippen LogP contribution in [0.2, 0.25) is 5.02 Å². The highest BCUT2D eigenvalue weighted by Gasteiger charge is 2.34. The van der Waals surface area contributed by atoms with Crippen molar-refractivity contribution >= 4 is 49.3 Å². The number of piperidine rings is 1. The molecule has 0 radical (unpaired) electrons. The number of fused-ring (bicyclic) bond motifs is 2. The minimum Gasteiger partial charge on any atom is -0.379 e. The van der Waals surface area contributed by atoms with Crippen molar-refractivity contribution in [2.24, 2.45) is 0 Å². The van der Waals surface area contributed by atoms with Gasteiger partial charge in [-0.3, -0.25) is 9.78 Å². The van der Waals surface area contributed by atoms with E-state index in [2.05, 4.69) is 9.55 Å². The van der Waals surface area contributed by atoms with E-state index < -0.39 is 32.8 Å². The summed E-state index contributed by atoms with van der Waals surface area (Å²) in [5.41, 5.74) is -0.221. The smallest absolute Gasteiger partial charge is 0.379 e. The Hall–Kier alpha value is -4.09. The van der Waals surface area contributed by atoms with Crippen LogP contribution in [-0.2, 0) is 16.3 Å². The molecule has 1 fully saturated rings. The fraction of sp³-hybridized carbons (Fsp3) is 0.200. The summed E-state index contributed by atoms with van der Waals surface area (Å²) >= 11 is 5.70. The lowest BCUT2D eigenvalue weighted by atomic mass is 10.0. The van der Waals surface area contributed by atoms with Gasteiger partial charge < -0.3 is 13.7 Å². The quantitative estimate of drug-likeness (QED) is 0.197. The second-order valence-electron chi connectivity index (χ2n) is 10.0. The van der Waals surface area contributed by atoms with E-state index in [4.69, 9.17) is 15.8 Å². The summed E-state index contributed by atoms with van der Waals surface area (Å²) in [6.07, 6.45) is 1.55. The summed E-state index contributed by atoms with van der Waals surface area (Å²) in [5, 5.41) is 1.53. The van der Waals surface area contributed by atoms with Crippen LogP contribution in [0.1, 0.15) is 34.8 Å². The minimum absolute atomic E-state index is 0.0438. The van der Waals surface area contributed by atoms with Gasteiger partial charge in [0, 0.05) is 65.0 Å². The zero-order valence-electron chi connectivity index (χ0n) is 21.9. The van der Waals surface area contributed by atoms with Crippen LogP contribution >= 0.6 is 11.6 Å². The largest absolute Gasteiger partial charge is 0.417 e. The molecule has 2 aromatic heterocycles. The van der Waals surface area contributed by atoms with Gasteiger partial charge in [-0.2, -0.15) is 21.6 Å². The van der Waals surface area contributed by atoms with Crippen LogP contribution in [0, 0.1) is 0 Å². The Kier molecular flexibility index (Phi) is 7.10. The molecule has 7 nitrogen and oxygen atoms in total. The van der Waals surface area contributed by atoms with Crippen LogP contribution in [0.3, 0.4) is 0 Å². The standard InChI is InChI=1S/C30H23ClF3N3O4S/c31-26-6-4-20(17-25(26)30(32,33)34)29(38)36-13-10-22(11-14-36)37-15-9-19-16-23(5-7-27(19)37)41-42(39,40)28-3-1-2-21-18-35-12-8-24(21)28/h1-9,12,15-18,22H,10-11,13-14H2. The maximum atomic E-state index is 13.3. The van der Waals surface area contributed by atoms with E-state index in [1.807, 2.05) is 12.3 Å². The first-order chi connectivity index (χ1) is 20.0. The Labute approximate surface area is 244 Å². The normalized spacial score (nSPS) is 14.9. The molecule has 216 valence electrons. The third-order valence-corrected chi connectivity index (χ3v) is 9.11. The molecular weight excluding hydrogens is 591 g/mol. The molecule has 6 rings (SSSR count). The Morgan fingerprint density at radius 1 is 0.976 bits per heavy atom. The van der Waals surface area contributed by atoms with E-state index in [1.165, 1.54) is 18.3 Å². The van der Waals surface area contributed by atoms with Crippen molar-refractivity contribution in [3.05, 3.63) is 101 Å². The first-order valence-corrected chi connectivity index (χ1v) is 14.8. The predicted octanol–water partition coefficient (Wildman–Crippen LogP) is 7.11. The number of nitrogens with zero attached hydrogens (tertiary/aromatic N) is 3. The summed E-state index contributed by atoms with van der Waals surface area (Å²) in [5.74, 6) is -0.300. The van der Waals surface area contributed by atoms with Crippen molar-refractivity contribution in [3.8, 4) is 5.75 Å². The summed E-state index contributed by atoms with van der Waals surface area (Å²) in [7, 11) is -4.11. The van der Waals surface area contributed by atoms with Crippen LogP contribution in [0.15, 0.2) is 90.2 Å². The van der Waals surface area contributed by atoms with Crippen molar-refractivity contribution in [2.75, 3.05) is 13.1 Å². The fourth-order valence-corrected chi connectivity index (χ4v) is 6.77. The highest BCUT2D eigenvalue weighted by Crippen LogP contribution is 2.36. The van der Waals surface area contributed by atoms with Crippen LogP contribution in [-0.4, -0.2) is 41.9 Å². The van der Waals surface area contributed by atoms with E-state index in [-0.39, 0.29) is 22.3 Å². The summed E-state index contributed by atoms with van der Waals surface area (Å²) in [4.78, 5) is 18.6. The molecule has 0 N–H and O–H groups in total. The van der Waals surface area contributed by atoms with Gasteiger partial charge in [-0.25, -0.2) is 0 Å². The highest BCUT2D eigenvalue weighted by atomic mass is 35.5. The van der Waals surface area contributed by atoms with Gasteiger partial charge in [-0.15, -0.1) is 0 Å². The molecule has 0 saturated carbocycles. The summed E-state index contributed by atoms with van der Waals surface area (Å²) in [6.45, 7) is 0.736. The van der Waals surface area contributed by atoms with E-state index in [9.17, 15) is 26.4 Å². The lowest BCUT2D eigenvalue weighted by Gasteiger charge is -2.33. The average Bonchev–Trinajstić information content (AvgIpc) is 3.39. The maximum Gasteiger partial charge on any atom is 0.417 e. The number of halogens is 4. The van der Waals surface area contributed by atoms with Gasteiger partial charge in [0.25, 0.3) is 5.91 Å². The number of carbonyl (C=O) groups is 1. The van der Waals surface area contributed by atoms with Gasteiger partial charge in [0.1, 0.15) is 10.6 Å². The molecule has 0 atom stereocenters. The van der Waals surface area contributed by atoms with Crippen molar-refractivity contribution in [2.45, 2.75) is 30.0 Å². The van der Waals surface area contributed by atoms with Gasteiger partial charge >= 0.3 is 16.3 Å². The van der Waals surface area contributed by atoms with Crippen LogP contribution in [0.4, 0.5) is 13.2 Å². The van der Waals surface area contributed by atoms with Crippen LogP contribution < -0.4 is 4.18 Å². The van der Waals surface area contributed by atoms with Gasteiger partial charge in [-0.05, 0) is 67.4 Å². The van der Waals surface area contributed by atoms with Gasteiger partial charge in [0.2, 0.25) is 0 Å². The average molecular weight is 614 g/mol. The van der Waals surface area contributed by atoms with E-state index >= 15 is 0 Å². The predicted molar refractivity (Wildman–Crippen MR) is 152 cm³/mol. The maximum absolute atomic E-state index is 13.3. The number of amides is 1. The van der Waals surface area contributed by atoms with Crippen molar-refractivity contribution < 1.29 is 30.6 Å². The number of pyridine rings is 1. The number of benzene rings is 3. The molecule has 0 bridgehead atoms. The Bertz CT molecular complexity index is 1930. The number of carbonyl (C=O) groups excluding carboxylic acids is 1. The fourth-order valence-electron chi connectivity index (χ4n) is 5.40. The number of hydrogen-bond acceptors (Lipinski definition) is 5. The van der Waals surface area contributed by atoms with E-state index in [1.54, 1.807) is 47.5 Å². The first-order valence-electron chi connectivity index (χ1n) is 13.1. The first kappa shape index (κ1) is 28.0. The zero-order valence-corrected chi connectivity index (χ0v) is 23.5. The third-order valence-electron chi connectivity index (χ3n) is 7.47. The number of alkyl halides is 3. The summed E-state index contributed by atoms with van der Waals surface area (Å²) in [6, 6.07) is 16.7. The Morgan fingerprint density at radius 2 is 1.76 bits per heavy atom. The molecule has 1 saturated heterocycles. The molecule has 12 heteroatoms. The molecule has 42 heavy (non-hydrogen) atoms. The van der Waals surface area contributed by atoms with Gasteiger partial charge in [0.15, 0.2) is 0 Å². The molecule has 3 heterocycles. The second-order valence-corrected chi connectivity index (χ2v) is 12.0. The van der Waals surface area contributed by atoms with Crippen LogP contribution in [0.5, 0.6) is 5.75 Å². The molecule has 1 aliphatic rings. The number of hydrogen-bond donors (Lipinski definition) is 0. The molecule has 0 aliphatic carbocycles. The zero-order chi connectivity index (χ0) is 29.6. The second kappa shape index (κ2) is 10.6. The Balaban J connectivity index is 1.16. The minimum atomic E-state index is -4.65. The molecule has 1 amide bonds. The third kappa shape index (κ3) is 5.30. The lowest BCUT2D eigenvalue weighted by molar-refractivity contribution is -0.137. The molecule has 3 aromatic carbocycles. The summed E-state index contributed by atoms with van der Waals surface area (Å²) < 4.78 is 73.6. The molecule has 5 aromatic rings. The topological polar surface area (TPSA) is 81.5 Å². The number of likely N-dealkylation sites (tertiary alicyclic amines) is 1. The molecule has 0 unspecified atom stereocenters. The van der Waals surface area contributed by atoms with Gasteiger partial charge in [-0.1, -0.05) is 23.7 Å². The van der Waals surface area contributed by atoms with Crippen molar-refractivity contribution in [1.82, 2.24) is 14.5 Å². The number of aromatic nitrogens is 2. The molecule has 1 aliphatic heterocycles. The van der Waals surface area contributed by atoms with Crippen LogP contribution in [0.25, 0.3) is 21.7 Å². The lowest BCUT2D eigenvalue weighted by Crippen LogP contribution is -2.39. The van der Waals surface area contributed by atoms with Crippen molar-refractivity contribution in [3.63, 3.8) is 0 Å². The van der Waals surface area contributed by atoms with Gasteiger partial charge in [0.05, 0.1) is 10.6 Å². The van der Waals surface area contributed by atoms with E-state index in [0.717, 1.165) is 23.0 Å². The Morgan fingerprint density at radius 3 is 2.52 bits per heavy atom. The van der Waals surface area contributed by atoms with E-state index in [0.29, 0.717) is 36.7 Å². The number of rotatable bonds is 5. The van der Waals surface area contributed by atoms with Crippen molar-refractivity contribution in [1.29, 1.82) is 0 Å².